The molecule has 0 spiro atoms. The summed E-state index contributed by atoms with van der Waals surface area (Å²) in [6.07, 6.45) is 1.59. The molecule has 0 radical (unpaired) electrons. The maximum absolute atomic E-state index is 13.2. The molecule has 1 aromatic heterocycles. The normalized spacial score (nSPS) is 10.0. The van der Waals surface area contributed by atoms with E-state index in [1.54, 1.807) is 24.4 Å². The molecular formula is C20H19ClFN3O2. The van der Waals surface area contributed by atoms with Crippen molar-refractivity contribution in [3.8, 4) is 11.3 Å². The number of aromatic nitrogens is 1. The maximum atomic E-state index is 13.2. The van der Waals surface area contributed by atoms with Gasteiger partial charge in [-0.2, -0.15) is 0 Å². The minimum atomic E-state index is -0.913. The van der Waals surface area contributed by atoms with Crippen molar-refractivity contribution >= 4 is 23.3 Å². The van der Waals surface area contributed by atoms with E-state index >= 15 is 0 Å². The number of rotatable bonds is 4. The second-order valence-electron chi connectivity index (χ2n) is 5.68. The van der Waals surface area contributed by atoms with Gasteiger partial charge in [0, 0.05) is 29.0 Å². The largest absolute Gasteiger partial charge is 0.481 e. The van der Waals surface area contributed by atoms with Gasteiger partial charge in [0.2, 0.25) is 0 Å². The van der Waals surface area contributed by atoms with Crippen LogP contribution in [-0.4, -0.2) is 16.1 Å². The van der Waals surface area contributed by atoms with Crippen molar-refractivity contribution in [2.75, 3.05) is 5.73 Å². The Hall–Kier alpha value is -2.96. The highest BCUT2D eigenvalue weighted by Crippen LogP contribution is 2.19. The first-order chi connectivity index (χ1) is 12.9. The average molecular weight is 388 g/mol. The summed E-state index contributed by atoms with van der Waals surface area (Å²) in [4.78, 5) is 14.5. The number of carboxylic acid groups (broad SMARTS) is 1. The molecule has 0 saturated carbocycles. The number of anilines is 1. The minimum absolute atomic E-state index is 0.0909. The Morgan fingerprint density at radius 2 is 1.93 bits per heavy atom. The van der Waals surface area contributed by atoms with Crippen LogP contribution in [0.1, 0.15) is 11.1 Å². The van der Waals surface area contributed by atoms with Crippen molar-refractivity contribution in [1.29, 1.82) is 0 Å². The molecule has 0 amide bonds. The number of pyridine rings is 1. The molecule has 0 aliphatic carbocycles. The minimum Gasteiger partial charge on any atom is -0.481 e. The summed E-state index contributed by atoms with van der Waals surface area (Å²) in [5.74, 6) is -1.19. The summed E-state index contributed by atoms with van der Waals surface area (Å²) in [6.45, 7) is 0.331. The number of carbonyl (C=O) groups is 1. The fraction of sp³-hybridized carbons (Fsp3) is 0.100. The zero-order chi connectivity index (χ0) is 19.8. The van der Waals surface area contributed by atoms with Gasteiger partial charge in [-0.1, -0.05) is 17.7 Å². The molecule has 0 unspecified atom stereocenters. The molecule has 5 nitrogen and oxygen atoms in total. The van der Waals surface area contributed by atoms with Crippen molar-refractivity contribution in [3.63, 3.8) is 0 Å². The summed E-state index contributed by atoms with van der Waals surface area (Å²) < 4.78 is 13.2. The van der Waals surface area contributed by atoms with Crippen LogP contribution < -0.4 is 11.5 Å². The summed E-state index contributed by atoms with van der Waals surface area (Å²) in [5, 5.41) is 8.98. The van der Waals surface area contributed by atoms with Crippen molar-refractivity contribution in [2.45, 2.75) is 13.0 Å². The Morgan fingerprint density at radius 3 is 2.56 bits per heavy atom. The topological polar surface area (TPSA) is 102 Å². The van der Waals surface area contributed by atoms with E-state index in [4.69, 9.17) is 28.2 Å². The molecule has 0 aliphatic rings. The van der Waals surface area contributed by atoms with Crippen LogP contribution in [0.15, 0.2) is 60.8 Å². The molecule has 0 aliphatic heterocycles. The van der Waals surface area contributed by atoms with Crippen molar-refractivity contribution < 1.29 is 14.3 Å². The second-order valence-corrected chi connectivity index (χ2v) is 6.12. The lowest BCUT2D eigenvalue weighted by atomic mass is 10.1. The Labute approximate surface area is 161 Å². The lowest BCUT2D eigenvalue weighted by Crippen LogP contribution is -2.03. The van der Waals surface area contributed by atoms with Crippen LogP contribution in [0.3, 0.4) is 0 Å². The first-order valence-electron chi connectivity index (χ1n) is 8.05. The highest BCUT2D eigenvalue weighted by atomic mass is 35.5. The van der Waals surface area contributed by atoms with Crippen molar-refractivity contribution in [1.82, 2.24) is 4.98 Å². The molecular weight excluding hydrogens is 369 g/mol. The predicted molar refractivity (Wildman–Crippen MR) is 105 cm³/mol. The highest BCUT2D eigenvalue weighted by Gasteiger charge is 2.04. The van der Waals surface area contributed by atoms with E-state index in [-0.39, 0.29) is 12.2 Å². The van der Waals surface area contributed by atoms with E-state index in [0.29, 0.717) is 22.8 Å². The van der Waals surface area contributed by atoms with Crippen molar-refractivity contribution in [3.05, 3.63) is 82.8 Å². The zero-order valence-electron chi connectivity index (χ0n) is 14.4. The Balaban J connectivity index is 0.000000199. The molecule has 3 aromatic rings. The first kappa shape index (κ1) is 20.4. The number of carboxylic acids is 1. The average Bonchev–Trinajstić information content (AvgIpc) is 2.65. The van der Waals surface area contributed by atoms with E-state index in [1.165, 1.54) is 12.1 Å². The van der Waals surface area contributed by atoms with Crippen LogP contribution >= 0.6 is 11.6 Å². The van der Waals surface area contributed by atoms with E-state index in [0.717, 1.165) is 16.8 Å². The number of benzene rings is 2. The van der Waals surface area contributed by atoms with Gasteiger partial charge in [0.05, 0.1) is 12.1 Å². The van der Waals surface area contributed by atoms with E-state index in [1.807, 2.05) is 24.3 Å². The van der Waals surface area contributed by atoms with Gasteiger partial charge in [0.15, 0.2) is 0 Å². The molecule has 1 heterocycles. The van der Waals surface area contributed by atoms with Crippen molar-refractivity contribution in [2.24, 2.45) is 5.73 Å². The fourth-order valence-corrected chi connectivity index (χ4v) is 2.53. The van der Waals surface area contributed by atoms with Crippen LogP contribution in [0.25, 0.3) is 11.3 Å². The van der Waals surface area contributed by atoms with Gasteiger partial charge in [-0.15, -0.1) is 0 Å². The van der Waals surface area contributed by atoms with Gasteiger partial charge in [0.1, 0.15) is 5.82 Å². The molecule has 0 bridgehead atoms. The Bertz CT molecular complexity index is 920. The van der Waals surface area contributed by atoms with Gasteiger partial charge in [-0.25, -0.2) is 4.39 Å². The number of nitrogens with two attached hydrogens (primary N) is 2. The van der Waals surface area contributed by atoms with E-state index in [9.17, 15) is 9.18 Å². The van der Waals surface area contributed by atoms with Gasteiger partial charge >= 0.3 is 5.97 Å². The van der Waals surface area contributed by atoms with Crippen LogP contribution in [-0.2, 0) is 17.8 Å². The summed E-state index contributed by atoms with van der Waals surface area (Å²) in [7, 11) is 0. The third kappa shape index (κ3) is 6.36. The Kier molecular flexibility index (Phi) is 7.28. The number of hydrogen-bond acceptors (Lipinski definition) is 4. The van der Waals surface area contributed by atoms with Gasteiger partial charge in [-0.3, -0.25) is 9.78 Å². The molecule has 7 heteroatoms. The number of hydrogen-bond donors (Lipinski definition) is 3. The fourth-order valence-electron chi connectivity index (χ4n) is 2.34. The lowest BCUT2D eigenvalue weighted by molar-refractivity contribution is -0.136. The summed E-state index contributed by atoms with van der Waals surface area (Å²) in [6, 6.07) is 15.1. The first-order valence-corrected chi connectivity index (χ1v) is 8.43. The van der Waals surface area contributed by atoms with Gasteiger partial charge in [0.25, 0.3) is 0 Å². The SMILES string of the molecule is NCc1cc(F)cc(-c2ccccn2)c1.Nc1ccc(Cl)cc1CC(=O)O. The molecule has 0 atom stereocenters. The quantitative estimate of drug-likeness (QED) is 0.589. The third-order valence-electron chi connectivity index (χ3n) is 3.60. The third-order valence-corrected chi connectivity index (χ3v) is 3.84. The molecule has 2 aromatic carbocycles. The highest BCUT2D eigenvalue weighted by molar-refractivity contribution is 6.30. The molecule has 140 valence electrons. The molecule has 0 saturated heterocycles. The van der Waals surface area contributed by atoms with E-state index in [2.05, 4.69) is 4.98 Å². The van der Waals surface area contributed by atoms with Gasteiger partial charge < -0.3 is 16.6 Å². The number of halogens is 2. The van der Waals surface area contributed by atoms with Gasteiger partial charge in [-0.05, 0) is 59.7 Å². The smallest absolute Gasteiger partial charge is 0.307 e. The molecule has 5 N–H and O–H groups in total. The summed E-state index contributed by atoms with van der Waals surface area (Å²) in [5.41, 5.74) is 14.3. The number of nitrogens with zero attached hydrogens (tertiary/aromatic N) is 1. The monoisotopic (exact) mass is 387 g/mol. The van der Waals surface area contributed by atoms with Crippen LogP contribution in [0.5, 0.6) is 0 Å². The zero-order valence-corrected chi connectivity index (χ0v) is 15.2. The van der Waals surface area contributed by atoms with Crippen LogP contribution in [0.4, 0.5) is 10.1 Å². The van der Waals surface area contributed by atoms with Crippen LogP contribution in [0, 0.1) is 5.82 Å². The standard InChI is InChI=1S/C12H11FN2.C8H8ClNO2/c13-11-6-9(8-14)5-10(7-11)12-3-1-2-4-15-12;9-6-1-2-7(10)5(3-6)4-8(11)12/h1-7H,8,14H2;1-3H,4,10H2,(H,11,12). The molecule has 3 rings (SSSR count). The summed E-state index contributed by atoms with van der Waals surface area (Å²) >= 11 is 5.65. The molecule has 27 heavy (non-hydrogen) atoms. The molecule has 0 fully saturated rings. The predicted octanol–water partition coefficient (Wildman–Crippen LogP) is 3.90. The maximum Gasteiger partial charge on any atom is 0.307 e. The number of nitrogen functional groups attached to an aromatic ring is 1. The second kappa shape index (κ2) is 9.66. The lowest BCUT2D eigenvalue weighted by Gasteiger charge is -2.03. The van der Waals surface area contributed by atoms with E-state index < -0.39 is 5.97 Å². The Morgan fingerprint density at radius 1 is 1.15 bits per heavy atom. The number of aliphatic carboxylic acids is 1. The van der Waals surface area contributed by atoms with Crippen LogP contribution in [0.2, 0.25) is 5.02 Å².